The van der Waals surface area contributed by atoms with E-state index in [0.29, 0.717) is 12.3 Å². The monoisotopic (exact) mass is 374 g/mol. The quantitative estimate of drug-likeness (QED) is 0.725. The van der Waals surface area contributed by atoms with Gasteiger partial charge in [-0.15, -0.1) is 0 Å². The van der Waals surface area contributed by atoms with Crippen molar-refractivity contribution in [2.75, 3.05) is 11.5 Å². The summed E-state index contributed by atoms with van der Waals surface area (Å²) in [6, 6.07) is 10.0. The summed E-state index contributed by atoms with van der Waals surface area (Å²) in [5, 5.41) is 0. The second kappa shape index (κ2) is 6.33. The van der Waals surface area contributed by atoms with E-state index in [4.69, 9.17) is 9.73 Å². The van der Waals surface area contributed by atoms with Crippen LogP contribution in [0, 0.1) is 13.8 Å². The number of nitrogens with zero attached hydrogens (tertiary/aromatic N) is 2. The van der Waals surface area contributed by atoms with Gasteiger partial charge in [0.2, 0.25) is 0 Å². The lowest BCUT2D eigenvalue weighted by atomic mass is 9.89. The second-order valence-corrected chi connectivity index (χ2v) is 8.15. The van der Waals surface area contributed by atoms with Gasteiger partial charge in [-0.1, -0.05) is 12.1 Å². The molecule has 2 aliphatic rings. The zero-order chi connectivity index (χ0) is 20.2. The number of allylic oxidation sites excluding steroid dienone is 1. The van der Waals surface area contributed by atoms with Crippen molar-refractivity contribution in [3.63, 3.8) is 0 Å². The van der Waals surface area contributed by atoms with Crippen LogP contribution in [-0.2, 0) is 4.79 Å². The molecule has 0 saturated heterocycles. The van der Waals surface area contributed by atoms with Crippen LogP contribution in [0.3, 0.4) is 0 Å². The minimum atomic E-state index is -0.406. The Morgan fingerprint density at radius 2 is 1.75 bits per heavy atom. The molecule has 0 spiro atoms. The zero-order valence-corrected chi connectivity index (χ0v) is 17.4. The summed E-state index contributed by atoms with van der Waals surface area (Å²) < 4.78 is 5.79. The Hall–Kier alpha value is -2.88. The van der Waals surface area contributed by atoms with Gasteiger partial charge < -0.3 is 4.74 Å². The molecule has 0 aliphatic carbocycles. The van der Waals surface area contributed by atoms with E-state index in [0.717, 1.165) is 39.4 Å². The number of amides is 1. The Bertz CT molecular complexity index is 1060. The van der Waals surface area contributed by atoms with E-state index in [1.54, 1.807) is 0 Å². The van der Waals surface area contributed by atoms with Gasteiger partial charge in [-0.3, -0.25) is 9.69 Å². The number of aryl methyl sites for hydroxylation is 2. The van der Waals surface area contributed by atoms with E-state index in [9.17, 15) is 4.79 Å². The minimum absolute atomic E-state index is 0.0584. The maximum Gasteiger partial charge on any atom is 0.278 e. The van der Waals surface area contributed by atoms with Gasteiger partial charge in [-0.2, -0.15) is 0 Å². The third kappa shape index (κ3) is 2.75. The lowest BCUT2D eigenvalue weighted by molar-refractivity contribution is -0.112. The van der Waals surface area contributed by atoms with Gasteiger partial charge in [0.25, 0.3) is 5.91 Å². The van der Waals surface area contributed by atoms with Crippen molar-refractivity contribution in [1.29, 1.82) is 0 Å². The first kappa shape index (κ1) is 18.5. The Labute approximate surface area is 166 Å². The van der Waals surface area contributed by atoms with Crippen LogP contribution in [0.4, 0.5) is 11.4 Å². The van der Waals surface area contributed by atoms with E-state index in [1.165, 1.54) is 5.56 Å². The highest BCUT2D eigenvalue weighted by Crippen LogP contribution is 2.47. The fourth-order valence-electron chi connectivity index (χ4n) is 4.16. The molecule has 2 aromatic carbocycles. The van der Waals surface area contributed by atoms with Crippen molar-refractivity contribution >= 4 is 28.6 Å². The third-order valence-corrected chi connectivity index (χ3v) is 5.58. The Kier molecular flexibility index (Phi) is 4.18. The minimum Gasteiger partial charge on any atom is -0.494 e. The fraction of sp³-hybridized carbons (Fsp3) is 0.333. The Morgan fingerprint density at radius 3 is 2.43 bits per heavy atom. The van der Waals surface area contributed by atoms with E-state index in [2.05, 4.69) is 40.7 Å². The Balaban J connectivity index is 1.96. The average Bonchev–Trinajstić information content (AvgIpc) is 2.89. The standard InChI is InChI=1S/C24H26N2O2/c1-7-28-18-11-19-16(4)13-24(5,6)26-22(19)20(12-18)21(23(26)27)25-17-9-8-14(2)15(3)10-17/h8-13H,7H2,1-6H3. The van der Waals surface area contributed by atoms with E-state index in [1.807, 2.05) is 42.2 Å². The smallest absolute Gasteiger partial charge is 0.278 e. The van der Waals surface area contributed by atoms with Crippen LogP contribution in [-0.4, -0.2) is 23.8 Å². The molecule has 4 rings (SSSR count). The molecule has 0 aromatic heterocycles. The summed E-state index contributed by atoms with van der Waals surface area (Å²) in [6.07, 6.45) is 2.14. The lowest BCUT2D eigenvalue weighted by Gasteiger charge is -2.38. The topological polar surface area (TPSA) is 41.9 Å². The van der Waals surface area contributed by atoms with Crippen molar-refractivity contribution in [3.05, 3.63) is 58.7 Å². The molecule has 2 aromatic rings. The van der Waals surface area contributed by atoms with Crippen LogP contribution >= 0.6 is 0 Å². The molecule has 0 N–H and O–H groups in total. The highest BCUT2D eigenvalue weighted by atomic mass is 16.5. The maximum absolute atomic E-state index is 13.5. The first-order valence-corrected chi connectivity index (χ1v) is 9.74. The molecule has 0 fully saturated rings. The van der Waals surface area contributed by atoms with Crippen molar-refractivity contribution < 1.29 is 9.53 Å². The van der Waals surface area contributed by atoms with Gasteiger partial charge in [0.05, 0.1) is 23.5 Å². The Morgan fingerprint density at radius 1 is 1.04 bits per heavy atom. The molecule has 2 aliphatic heterocycles. The molecule has 0 bridgehead atoms. The molecule has 28 heavy (non-hydrogen) atoms. The van der Waals surface area contributed by atoms with E-state index < -0.39 is 5.54 Å². The van der Waals surface area contributed by atoms with Crippen LogP contribution in [0.25, 0.3) is 5.57 Å². The number of hydrogen-bond acceptors (Lipinski definition) is 3. The van der Waals surface area contributed by atoms with Crippen LogP contribution in [0.15, 0.2) is 41.4 Å². The summed E-state index contributed by atoms with van der Waals surface area (Å²) in [4.78, 5) is 20.1. The molecular formula is C24H26N2O2. The molecule has 0 atom stereocenters. The van der Waals surface area contributed by atoms with Crippen molar-refractivity contribution in [3.8, 4) is 5.75 Å². The van der Waals surface area contributed by atoms with Gasteiger partial charge in [-0.05, 0) is 82.5 Å². The van der Waals surface area contributed by atoms with Gasteiger partial charge in [0.1, 0.15) is 11.5 Å². The van der Waals surface area contributed by atoms with Crippen LogP contribution in [0.5, 0.6) is 5.75 Å². The number of anilines is 1. The van der Waals surface area contributed by atoms with Gasteiger partial charge in [-0.25, -0.2) is 4.99 Å². The summed E-state index contributed by atoms with van der Waals surface area (Å²) in [5.41, 5.74) is 7.24. The first-order valence-electron chi connectivity index (χ1n) is 9.74. The second-order valence-electron chi connectivity index (χ2n) is 8.15. The molecular weight excluding hydrogens is 348 g/mol. The molecule has 2 heterocycles. The highest BCUT2D eigenvalue weighted by Gasteiger charge is 2.45. The normalized spacial score (nSPS) is 18.4. The molecule has 144 valence electrons. The lowest BCUT2D eigenvalue weighted by Crippen LogP contribution is -2.47. The predicted octanol–water partition coefficient (Wildman–Crippen LogP) is 5.37. The fourth-order valence-corrected chi connectivity index (χ4v) is 4.16. The number of benzene rings is 2. The van der Waals surface area contributed by atoms with Gasteiger partial charge in [0, 0.05) is 11.1 Å². The number of carbonyl (C=O) groups is 1. The van der Waals surface area contributed by atoms with Crippen molar-refractivity contribution in [2.24, 2.45) is 4.99 Å². The largest absolute Gasteiger partial charge is 0.494 e. The highest BCUT2D eigenvalue weighted by molar-refractivity contribution is 6.55. The van der Waals surface area contributed by atoms with E-state index >= 15 is 0 Å². The van der Waals surface area contributed by atoms with E-state index in [-0.39, 0.29) is 5.91 Å². The van der Waals surface area contributed by atoms with Crippen molar-refractivity contribution in [2.45, 2.75) is 47.1 Å². The number of aliphatic imine (C=N–C) groups is 1. The predicted molar refractivity (Wildman–Crippen MR) is 115 cm³/mol. The van der Waals surface area contributed by atoms with Gasteiger partial charge >= 0.3 is 0 Å². The summed E-state index contributed by atoms with van der Waals surface area (Å²) in [7, 11) is 0. The van der Waals surface area contributed by atoms with Crippen LogP contribution in [0.2, 0.25) is 0 Å². The molecule has 0 unspecified atom stereocenters. The summed E-state index contributed by atoms with van der Waals surface area (Å²) in [6.45, 7) is 12.9. The average molecular weight is 374 g/mol. The third-order valence-electron chi connectivity index (χ3n) is 5.58. The molecule has 0 saturated carbocycles. The number of hydrogen-bond donors (Lipinski definition) is 0. The number of ether oxygens (including phenoxy) is 1. The summed E-state index contributed by atoms with van der Waals surface area (Å²) >= 11 is 0. The van der Waals surface area contributed by atoms with Gasteiger partial charge in [0.15, 0.2) is 0 Å². The zero-order valence-electron chi connectivity index (χ0n) is 17.4. The summed E-state index contributed by atoms with van der Waals surface area (Å²) in [5.74, 6) is 0.711. The maximum atomic E-state index is 13.5. The molecule has 1 amide bonds. The van der Waals surface area contributed by atoms with Crippen LogP contribution < -0.4 is 9.64 Å². The van der Waals surface area contributed by atoms with Crippen molar-refractivity contribution in [1.82, 2.24) is 0 Å². The molecule has 4 heteroatoms. The van der Waals surface area contributed by atoms with Crippen LogP contribution in [0.1, 0.15) is 49.9 Å². The SMILES string of the molecule is CCOc1cc2c3c(c1)C(=Nc1ccc(C)c(C)c1)C(=O)N3C(C)(C)C=C2C. The molecule has 0 radical (unpaired) electrons. The first-order chi connectivity index (χ1) is 13.2. The number of carbonyl (C=O) groups excluding carboxylic acids is 1. The molecule has 4 nitrogen and oxygen atoms in total. The number of rotatable bonds is 3.